The molecular weight excluding hydrogens is 375 g/mol. The van der Waals surface area contributed by atoms with Crippen LogP contribution in [0.2, 0.25) is 15.1 Å². The Hall–Kier alpha value is -1.03. The molecule has 1 heterocycles. The van der Waals surface area contributed by atoms with E-state index in [4.69, 9.17) is 34.8 Å². The number of rotatable bonds is 5. The van der Waals surface area contributed by atoms with Crippen LogP contribution in [0.3, 0.4) is 0 Å². The molecule has 0 aliphatic carbocycles. The molecule has 0 radical (unpaired) electrons. The lowest BCUT2D eigenvalue weighted by molar-refractivity contribution is 0.137. The summed E-state index contributed by atoms with van der Waals surface area (Å²) in [6.45, 7) is 6.24. The average Bonchev–Trinajstić information content (AvgIpc) is 2.60. The highest BCUT2D eigenvalue weighted by Crippen LogP contribution is 2.22. The van der Waals surface area contributed by atoms with Crippen molar-refractivity contribution in [2.45, 2.75) is 6.54 Å². The van der Waals surface area contributed by atoms with E-state index < -0.39 is 0 Å². The van der Waals surface area contributed by atoms with Crippen molar-refractivity contribution in [2.75, 3.05) is 32.7 Å². The van der Waals surface area contributed by atoms with Gasteiger partial charge in [-0.1, -0.05) is 65.2 Å². The molecule has 0 spiro atoms. The number of hydrogen-bond acceptors (Lipinski definition) is 2. The summed E-state index contributed by atoms with van der Waals surface area (Å²) in [5.41, 5.74) is 2.32. The van der Waals surface area contributed by atoms with Crippen LogP contribution >= 0.6 is 34.8 Å². The van der Waals surface area contributed by atoms with Crippen molar-refractivity contribution in [3.8, 4) is 0 Å². The first-order valence-corrected chi connectivity index (χ1v) is 9.54. The Morgan fingerprint density at radius 1 is 0.800 bits per heavy atom. The molecule has 1 saturated heterocycles. The maximum Gasteiger partial charge on any atom is 0.0493 e. The summed E-state index contributed by atoms with van der Waals surface area (Å²) in [5, 5.41) is 2.15. The van der Waals surface area contributed by atoms with Crippen LogP contribution in [-0.4, -0.2) is 42.5 Å². The molecule has 0 saturated carbocycles. The number of piperazine rings is 1. The van der Waals surface area contributed by atoms with Crippen molar-refractivity contribution in [3.05, 3.63) is 74.7 Å². The molecule has 5 heteroatoms. The predicted molar refractivity (Wildman–Crippen MR) is 109 cm³/mol. The molecule has 2 nitrogen and oxygen atoms in total. The van der Waals surface area contributed by atoms with Gasteiger partial charge in [-0.25, -0.2) is 0 Å². The van der Waals surface area contributed by atoms with Gasteiger partial charge in [0, 0.05) is 54.3 Å². The van der Waals surface area contributed by atoms with Crippen molar-refractivity contribution in [1.82, 2.24) is 9.80 Å². The van der Waals surface area contributed by atoms with Crippen LogP contribution in [0.15, 0.2) is 48.5 Å². The number of benzene rings is 2. The second-order valence-corrected chi connectivity index (χ2v) is 7.55. The SMILES string of the molecule is Clc1ccc(CN2CCN(CC=Cc3ccc(Cl)cc3Cl)CC2)cc1. The van der Waals surface area contributed by atoms with E-state index in [-0.39, 0.29) is 0 Å². The summed E-state index contributed by atoms with van der Waals surface area (Å²) >= 11 is 18.1. The van der Waals surface area contributed by atoms with E-state index in [1.165, 1.54) is 5.56 Å². The van der Waals surface area contributed by atoms with Gasteiger partial charge in [-0.3, -0.25) is 9.80 Å². The Morgan fingerprint density at radius 3 is 2.12 bits per heavy atom. The fourth-order valence-electron chi connectivity index (χ4n) is 2.94. The minimum absolute atomic E-state index is 0.666. The first kappa shape index (κ1) is 18.8. The molecule has 0 aromatic heterocycles. The molecule has 0 N–H and O–H groups in total. The molecule has 3 rings (SSSR count). The summed E-state index contributed by atoms with van der Waals surface area (Å²) in [6, 6.07) is 13.7. The molecular formula is C20H21Cl3N2. The standard InChI is InChI=1S/C20H21Cl3N2/c21-18-6-3-16(4-7-18)15-25-12-10-24(11-13-25)9-1-2-17-5-8-19(22)14-20(17)23/h1-8,14H,9-13,15H2. The smallest absolute Gasteiger partial charge is 0.0493 e. The number of halogens is 3. The highest BCUT2D eigenvalue weighted by atomic mass is 35.5. The van der Waals surface area contributed by atoms with Crippen molar-refractivity contribution >= 4 is 40.9 Å². The van der Waals surface area contributed by atoms with Gasteiger partial charge in [0.05, 0.1) is 0 Å². The van der Waals surface area contributed by atoms with Gasteiger partial charge in [0.2, 0.25) is 0 Å². The van der Waals surface area contributed by atoms with Gasteiger partial charge >= 0.3 is 0 Å². The molecule has 25 heavy (non-hydrogen) atoms. The number of hydrogen-bond donors (Lipinski definition) is 0. The maximum absolute atomic E-state index is 6.19. The van der Waals surface area contributed by atoms with Crippen LogP contribution in [0.25, 0.3) is 6.08 Å². The zero-order valence-corrected chi connectivity index (χ0v) is 16.2. The molecule has 1 aliphatic heterocycles. The van der Waals surface area contributed by atoms with E-state index in [0.29, 0.717) is 10.0 Å². The van der Waals surface area contributed by atoms with E-state index in [1.54, 1.807) is 6.07 Å². The second-order valence-electron chi connectivity index (χ2n) is 6.27. The lowest BCUT2D eigenvalue weighted by Gasteiger charge is -2.34. The monoisotopic (exact) mass is 394 g/mol. The molecule has 0 unspecified atom stereocenters. The molecule has 2 aromatic rings. The van der Waals surface area contributed by atoms with Crippen molar-refractivity contribution in [2.24, 2.45) is 0 Å². The van der Waals surface area contributed by atoms with Gasteiger partial charge in [0.25, 0.3) is 0 Å². The third-order valence-electron chi connectivity index (χ3n) is 4.41. The molecule has 132 valence electrons. The minimum Gasteiger partial charge on any atom is -0.297 e. The highest BCUT2D eigenvalue weighted by molar-refractivity contribution is 6.35. The van der Waals surface area contributed by atoms with Gasteiger partial charge in [-0.2, -0.15) is 0 Å². The van der Waals surface area contributed by atoms with E-state index in [0.717, 1.165) is 49.9 Å². The van der Waals surface area contributed by atoms with Crippen molar-refractivity contribution in [1.29, 1.82) is 0 Å². The molecule has 2 aromatic carbocycles. The average molecular weight is 396 g/mol. The van der Waals surface area contributed by atoms with Crippen LogP contribution < -0.4 is 0 Å². The van der Waals surface area contributed by atoms with Gasteiger partial charge in [-0.05, 0) is 35.4 Å². The normalized spacial score (nSPS) is 16.6. The molecule has 1 fully saturated rings. The van der Waals surface area contributed by atoms with Crippen molar-refractivity contribution in [3.63, 3.8) is 0 Å². The summed E-state index contributed by atoms with van der Waals surface area (Å²) < 4.78 is 0. The Morgan fingerprint density at radius 2 is 1.44 bits per heavy atom. The first-order chi connectivity index (χ1) is 12.1. The van der Waals surface area contributed by atoms with E-state index in [1.807, 2.05) is 24.3 Å². The van der Waals surface area contributed by atoms with E-state index in [9.17, 15) is 0 Å². The van der Waals surface area contributed by atoms with Crippen LogP contribution in [0.5, 0.6) is 0 Å². The third kappa shape index (κ3) is 5.73. The Bertz CT molecular complexity index is 720. The predicted octanol–water partition coefficient (Wildman–Crippen LogP) is 5.48. The quantitative estimate of drug-likeness (QED) is 0.661. The highest BCUT2D eigenvalue weighted by Gasteiger charge is 2.15. The van der Waals surface area contributed by atoms with Gasteiger partial charge in [-0.15, -0.1) is 0 Å². The van der Waals surface area contributed by atoms with E-state index >= 15 is 0 Å². The molecule has 0 atom stereocenters. The van der Waals surface area contributed by atoms with Gasteiger partial charge in [0.1, 0.15) is 0 Å². The Kier molecular flexibility index (Phi) is 6.80. The minimum atomic E-state index is 0.666. The summed E-state index contributed by atoms with van der Waals surface area (Å²) in [7, 11) is 0. The largest absolute Gasteiger partial charge is 0.297 e. The topological polar surface area (TPSA) is 6.48 Å². The van der Waals surface area contributed by atoms with Crippen LogP contribution in [0, 0.1) is 0 Å². The van der Waals surface area contributed by atoms with Gasteiger partial charge < -0.3 is 0 Å². The first-order valence-electron chi connectivity index (χ1n) is 8.41. The summed E-state index contributed by atoms with van der Waals surface area (Å²) in [6.07, 6.45) is 4.24. The zero-order valence-electron chi connectivity index (χ0n) is 14.0. The molecule has 1 aliphatic rings. The maximum atomic E-state index is 6.19. The van der Waals surface area contributed by atoms with Gasteiger partial charge in [0.15, 0.2) is 0 Å². The fraction of sp³-hybridized carbons (Fsp3) is 0.300. The van der Waals surface area contributed by atoms with Crippen LogP contribution in [0.1, 0.15) is 11.1 Å². The lowest BCUT2D eigenvalue weighted by Crippen LogP contribution is -2.45. The zero-order chi connectivity index (χ0) is 17.6. The lowest BCUT2D eigenvalue weighted by atomic mass is 10.2. The third-order valence-corrected chi connectivity index (χ3v) is 5.22. The Balaban J connectivity index is 1.44. The fourth-order valence-corrected chi connectivity index (χ4v) is 3.54. The Labute approximate surface area is 164 Å². The van der Waals surface area contributed by atoms with Crippen LogP contribution in [0.4, 0.5) is 0 Å². The number of nitrogens with zero attached hydrogens (tertiary/aromatic N) is 2. The second kappa shape index (κ2) is 9.07. The molecule has 0 amide bonds. The summed E-state index contributed by atoms with van der Waals surface area (Å²) in [5.74, 6) is 0. The summed E-state index contributed by atoms with van der Waals surface area (Å²) in [4.78, 5) is 4.94. The van der Waals surface area contributed by atoms with Crippen LogP contribution in [-0.2, 0) is 6.54 Å². The van der Waals surface area contributed by atoms with E-state index in [2.05, 4.69) is 34.1 Å². The molecule has 0 bridgehead atoms. The van der Waals surface area contributed by atoms with Crippen molar-refractivity contribution < 1.29 is 0 Å².